The first-order valence-corrected chi connectivity index (χ1v) is 10.0. The standard InChI is InChI=1S/C24H39NO/c1-4-7-10-13-16-19-22-25(23-20-17-14-11-8-5-2)26-24-21-18-15-12-9-6-3/h4-6,16-21H,1-3,7-15,22-24H2. The summed E-state index contributed by atoms with van der Waals surface area (Å²) in [6.07, 6.45) is 29.1. The molecule has 0 unspecified atom stereocenters. The molecule has 0 aromatic rings. The molecule has 0 saturated carbocycles. The van der Waals surface area contributed by atoms with Gasteiger partial charge in [-0.25, -0.2) is 0 Å². The van der Waals surface area contributed by atoms with Crippen LogP contribution in [0.5, 0.6) is 0 Å². The van der Waals surface area contributed by atoms with Crippen molar-refractivity contribution >= 4 is 0 Å². The number of rotatable bonds is 19. The molecule has 0 heterocycles. The minimum atomic E-state index is 0.628. The van der Waals surface area contributed by atoms with Crippen LogP contribution in [-0.4, -0.2) is 24.8 Å². The van der Waals surface area contributed by atoms with E-state index in [1.54, 1.807) is 0 Å². The summed E-state index contributed by atoms with van der Waals surface area (Å²) in [7, 11) is 0. The van der Waals surface area contributed by atoms with E-state index in [0.29, 0.717) is 6.61 Å². The molecule has 0 spiro atoms. The zero-order valence-electron chi connectivity index (χ0n) is 16.7. The largest absolute Gasteiger partial charge is 0.294 e. The normalized spacial score (nSPS) is 11.9. The van der Waals surface area contributed by atoms with Gasteiger partial charge in [-0.05, 0) is 57.8 Å². The van der Waals surface area contributed by atoms with Gasteiger partial charge in [0.25, 0.3) is 0 Å². The molecule has 0 N–H and O–H groups in total. The Bertz CT molecular complexity index is 394. The predicted molar refractivity (Wildman–Crippen MR) is 117 cm³/mol. The minimum Gasteiger partial charge on any atom is -0.294 e. The highest BCUT2D eigenvalue weighted by atomic mass is 16.7. The molecule has 0 aliphatic rings. The van der Waals surface area contributed by atoms with Crippen molar-refractivity contribution < 1.29 is 4.84 Å². The molecular weight excluding hydrogens is 318 g/mol. The third-order valence-electron chi connectivity index (χ3n) is 3.81. The molecule has 2 nitrogen and oxygen atoms in total. The summed E-state index contributed by atoms with van der Waals surface area (Å²) in [5, 5.41) is 2.02. The summed E-state index contributed by atoms with van der Waals surface area (Å²) in [6, 6.07) is 0. The summed E-state index contributed by atoms with van der Waals surface area (Å²) in [6.45, 7) is 13.5. The number of hydroxylamine groups is 2. The molecule has 0 fully saturated rings. The molecule has 0 aromatic heterocycles. The van der Waals surface area contributed by atoms with Crippen molar-refractivity contribution in [2.75, 3.05) is 19.7 Å². The van der Waals surface area contributed by atoms with Crippen molar-refractivity contribution in [2.45, 2.75) is 57.8 Å². The van der Waals surface area contributed by atoms with Crippen LogP contribution in [0.4, 0.5) is 0 Å². The summed E-state index contributed by atoms with van der Waals surface area (Å²) < 4.78 is 0. The second kappa shape index (κ2) is 21.4. The van der Waals surface area contributed by atoms with Gasteiger partial charge in [0.2, 0.25) is 0 Å². The van der Waals surface area contributed by atoms with Crippen molar-refractivity contribution in [1.29, 1.82) is 0 Å². The van der Waals surface area contributed by atoms with Crippen molar-refractivity contribution in [1.82, 2.24) is 5.06 Å². The van der Waals surface area contributed by atoms with Crippen molar-refractivity contribution in [3.8, 4) is 0 Å². The third kappa shape index (κ3) is 18.7. The van der Waals surface area contributed by atoms with Crippen LogP contribution in [0, 0.1) is 0 Å². The summed E-state index contributed by atoms with van der Waals surface area (Å²) in [5.41, 5.74) is 0. The van der Waals surface area contributed by atoms with Gasteiger partial charge in [-0.15, -0.1) is 19.7 Å². The average Bonchev–Trinajstić information content (AvgIpc) is 2.65. The van der Waals surface area contributed by atoms with E-state index in [1.165, 1.54) is 0 Å². The van der Waals surface area contributed by atoms with Crippen molar-refractivity contribution in [3.05, 3.63) is 74.4 Å². The lowest BCUT2D eigenvalue weighted by Gasteiger charge is -2.17. The molecule has 0 bridgehead atoms. The van der Waals surface area contributed by atoms with E-state index in [9.17, 15) is 0 Å². The van der Waals surface area contributed by atoms with E-state index in [0.717, 1.165) is 70.9 Å². The summed E-state index contributed by atoms with van der Waals surface area (Å²) in [4.78, 5) is 5.90. The number of nitrogens with zero attached hydrogens (tertiary/aromatic N) is 1. The fraction of sp³-hybridized carbons (Fsp3) is 0.500. The molecule has 26 heavy (non-hydrogen) atoms. The third-order valence-corrected chi connectivity index (χ3v) is 3.81. The van der Waals surface area contributed by atoms with Crippen LogP contribution in [0.2, 0.25) is 0 Å². The fourth-order valence-corrected chi connectivity index (χ4v) is 2.27. The molecule has 0 amide bonds. The van der Waals surface area contributed by atoms with Gasteiger partial charge < -0.3 is 0 Å². The van der Waals surface area contributed by atoms with Crippen LogP contribution in [0.25, 0.3) is 0 Å². The second-order valence-electron chi connectivity index (χ2n) is 6.22. The van der Waals surface area contributed by atoms with E-state index in [4.69, 9.17) is 4.84 Å². The quantitative estimate of drug-likeness (QED) is 0.141. The monoisotopic (exact) mass is 357 g/mol. The summed E-state index contributed by atoms with van der Waals surface area (Å²) >= 11 is 0. The van der Waals surface area contributed by atoms with Gasteiger partial charge in [-0.3, -0.25) is 4.84 Å². The molecule has 0 aliphatic carbocycles. The van der Waals surface area contributed by atoms with Crippen molar-refractivity contribution in [3.63, 3.8) is 0 Å². The summed E-state index contributed by atoms with van der Waals surface area (Å²) in [5.74, 6) is 0. The average molecular weight is 358 g/mol. The number of hydrogen-bond donors (Lipinski definition) is 0. The minimum absolute atomic E-state index is 0.628. The maximum absolute atomic E-state index is 5.90. The van der Waals surface area contributed by atoms with Gasteiger partial charge in [-0.2, -0.15) is 5.06 Å². The maximum atomic E-state index is 5.90. The van der Waals surface area contributed by atoms with Gasteiger partial charge in [0.15, 0.2) is 0 Å². The van der Waals surface area contributed by atoms with Crippen LogP contribution in [0.15, 0.2) is 74.4 Å². The highest BCUT2D eigenvalue weighted by Crippen LogP contribution is 2.01. The lowest BCUT2D eigenvalue weighted by molar-refractivity contribution is -0.131. The first-order valence-electron chi connectivity index (χ1n) is 10.0. The van der Waals surface area contributed by atoms with E-state index in [2.05, 4.69) is 56.2 Å². The molecule has 0 radical (unpaired) electrons. The fourth-order valence-electron chi connectivity index (χ4n) is 2.27. The zero-order valence-corrected chi connectivity index (χ0v) is 16.7. The maximum Gasteiger partial charge on any atom is 0.0866 e. The van der Waals surface area contributed by atoms with Gasteiger partial charge >= 0.3 is 0 Å². The van der Waals surface area contributed by atoms with E-state index in [1.807, 2.05) is 23.3 Å². The predicted octanol–water partition coefficient (Wildman–Crippen LogP) is 6.96. The number of unbranched alkanes of at least 4 members (excludes halogenated alkanes) is 6. The van der Waals surface area contributed by atoms with Crippen LogP contribution < -0.4 is 0 Å². The van der Waals surface area contributed by atoms with Gasteiger partial charge in [0.1, 0.15) is 0 Å². The molecular formula is C24H39NO. The Balaban J connectivity index is 4.14. The van der Waals surface area contributed by atoms with E-state index < -0.39 is 0 Å². The van der Waals surface area contributed by atoms with Gasteiger partial charge in [0, 0.05) is 13.1 Å². The lowest BCUT2D eigenvalue weighted by Crippen LogP contribution is -2.24. The Kier molecular flexibility index (Phi) is 20.1. The highest BCUT2D eigenvalue weighted by molar-refractivity contribution is 4.89. The highest BCUT2D eigenvalue weighted by Gasteiger charge is 1.99. The lowest BCUT2D eigenvalue weighted by atomic mass is 10.2. The van der Waals surface area contributed by atoms with E-state index in [-0.39, 0.29) is 0 Å². The van der Waals surface area contributed by atoms with Crippen LogP contribution in [0.3, 0.4) is 0 Å². The Hall–Kier alpha value is -1.64. The smallest absolute Gasteiger partial charge is 0.0866 e. The SMILES string of the molecule is C=CCCCC=CCON(CC=CCCCC=C)CC=CCCCC=C. The number of hydrogen-bond acceptors (Lipinski definition) is 2. The van der Waals surface area contributed by atoms with Crippen LogP contribution in [-0.2, 0) is 4.84 Å². The topological polar surface area (TPSA) is 12.5 Å². The van der Waals surface area contributed by atoms with Crippen LogP contribution >= 0.6 is 0 Å². The molecule has 0 rings (SSSR count). The Morgan fingerprint density at radius 1 is 0.538 bits per heavy atom. The Labute approximate surface area is 162 Å². The first kappa shape index (κ1) is 24.4. The molecule has 2 heteroatoms. The molecule has 0 aliphatic heterocycles. The number of allylic oxidation sites excluding steroid dienone is 6. The molecule has 0 aromatic carbocycles. The Morgan fingerprint density at radius 3 is 1.38 bits per heavy atom. The first-order chi connectivity index (χ1) is 12.8. The molecule has 146 valence electrons. The Morgan fingerprint density at radius 2 is 0.962 bits per heavy atom. The molecule has 0 atom stereocenters. The molecule has 0 saturated heterocycles. The van der Waals surface area contributed by atoms with Gasteiger partial charge in [-0.1, -0.05) is 54.7 Å². The van der Waals surface area contributed by atoms with E-state index >= 15 is 0 Å². The zero-order chi connectivity index (χ0) is 19.1. The van der Waals surface area contributed by atoms with Gasteiger partial charge in [0.05, 0.1) is 6.61 Å². The second-order valence-corrected chi connectivity index (χ2v) is 6.22. The van der Waals surface area contributed by atoms with Crippen LogP contribution in [0.1, 0.15) is 57.8 Å². The van der Waals surface area contributed by atoms with Crippen molar-refractivity contribution in [2.24, 2.45) is 0 Å².